The van der Waals surface area contributed by atoms with Gasteiger partial charge in [0.05, 0.1) is 12.5 Å². The largest absolute Gasteiger partial charge is 0.353 e. The van der Waals surface area contributed by atoms with Crippen LogP contribution in [0.5, 0.6) is 0 Å². The van der Waals surface area contributed by atoms with Crippen molar-refractivity contribution in [2.45, 2.75) is 69.5 Å². The predicted molar refractivity (Wildman–Crippen MR) is 102 cm³/mol. The van der Waals surface area contributed by atoms with E-state index in [0.29, 0.717) is 12.5 Å². The highest BCUT2D eigenvalue weighted by Crippen LogP contribution is 2.29. The van der Waals surface area contributed by atoms with Crippen LogP contribution in [0.4, 0.5) is 0 Å². The van der Waals surface area contributed by atoms with Gasteiger partial charge < -0.3 is 16.0 Å². The van der Waals surface area contributed by atoms with E-state index in [4.69, 9.17) is 5.73 Å². The molecule has 0 spiro atoms. The van der Waals surface area contributed by atoms with Gasteiger partial charge in [0, 0.05) is 19.1 Å². The van der Waals surface area contributed by atoms with E-state index in [2.05, 4.69) is 5.32 Å². The van der Waals surface area contributed by atoms with Crippen LogP contribution in [-0.4, -0.2) is 41.9 Å². The smallest absolute Gasteiger partial charge is 0.239 e. The number of nitrogens with two attached hydrogens (primary N) is 1. The topological polar surface area (TPSA) is 75.4 Å². The van der Waals surface area contributed by atoms with Crippen molar-refractivity contribution in [3.05, 3.63) is 35.9 Å². The summed E-state index contributed by atoms with van der Waals surface area (Å²) in [4.78, 5) is 26.6. The molecule has 142 valence electrons. The molecule has 3 N–H and O–H groups in total. The SMILES string of the molecule is CN(C(=O)[C@@H](N)C1CCC(NC(=O)Cc2ccccc2)CC1)C1CCC1. The fourth-order valence-corrected chi connectivity index (χ4v) is 4.07. The number of nitrogens with zero attached hydrogens (tertiary/aromatic N) is 1. The third-order valence-corrected chi connectivity index (χ3v) is 6.11. The second kappa shape index (κ2) is 8.67. The predicted octanol–water partition coefficient (Wildman–Crippen LogP) is 2.24. The van der Waals surface area contributed by atoms with Gasteiger partial charge in [-0.05, 0) is 56.4 Å². The Balaban J connectivity index is 1.42. The Labute approximate surface area is 156 Å². The number of rotatable bonds is 6. The van der Waals surface area contributed by atoms with Crippen LogP contribution in [0.25, 0.3) is 0 Å². The van der Waals surface area contributed by atoms with Gasteiger partial charge >= 0.3 is 0 Å². The van der Waals surface area contributed by atoms with Gasteiger partial charge in [-0.3, -0.25) is 9.59 Å². The lowest BCUT2D eigenvalue weighted by Gasteiger charge is -2.38. The summed E-state index contributed by atoms with van der Waals surface area (Å²) in [5.41, 5.74) is 7.31. The lowest BCUT2D eigenvalue weighted by Crippen LogP contribution is -2.52. The van der Waals surface area contributed by atoms with E-state index in [9.17, 15) is 9.59 Å². The first-order chi connectivity index (χ1) is 12.5. The van der Waals surface area contributed by atoms with E-state index < -0.39 is 6.04 Å². The Morgan fingerprint density at radius 1 is 1.12 bits per heavy atom. The van der Waals surface area contributed by atoms with E-state index in [-0.39, 0.29) is 23.8 Å². The van der Waals surface area contributed by atoms with E-state index in [1.165, 1.54) is 6.42 Å². The van der Waals surface area contributed by atoms with E-state index in [1.54, 1.807) is 0 Å². The number of nitrogens with one attached hydrogen (secondary N) is 1. The third-order valence-electron chi connectivity index (χ3n) is 6.11. The van der Waals surface area contributed by atoms with Gasteiger partial charge in [0.2, 0.25) is 11.8 Å². The van der Waals surface area contributed by atoms with Crippen molar-refractivity contribution in [3.8, 4) is 0 Å². The maximum atomic E-state index is 12.6. The molecule has 2 aliphatic rings. The monoisotopic (exact) mass is 357 g/mol. The van der Waals surface area contributed by atoms with Crippen LogP contribution in [0.15, 0.2) is 30.3 Å². The average molecular weight is 357 g/mol. The molecule has 3 rings (SSSR count). The molecule has 5 nitrogen and oxygen atoms in total. The maximum Gasteiger partial charge on any atom is 0.239 e. The molecule has 2 aliphatic carbocycles. The van der Waals surface area contributed by atoms with Crippen LogP contribution in [0, 0.1) is 5.92 Å². The number of hydrogen-bond donors (Lipinski definition) is 2. The van der Waals surface area contributed by atoms with Crippen LogP contribution in [-0.2, 0) is 16.0 Å². The normalized spacial score (nSPS) is 24.4. The van der Waals surface area contributed by atoms with Crippen molar-refractivity contribution in [2.75, 3.05) is 7.05 Å². The Bertz CT molecular complexity index is 607. The van der Waals surface area contributed by atoms with Crippen molar-refractivity contribution < 1.29 is 9.59 Å². The fourth-order valence-electron chi connectivity index (χ4n) is 4.07. The number of hydrogen-bond acceptors (Lipinski definition) is 3. The van der Waals surface area contributed by atoms with Crippen molar-refractivity contribution in [1.82, 2.24) is 10.2 Å². The molecule has 1 atom stereocenters. The van der Waals surface area contributed by atoms with Crippen molar-refractivity contribution in [3.63, 3.8) is 0 Å². The van der Waals surface area contributed by atoms with Crippen molar-refractivity contribution in [1.29, 1.82) is 0 Å². The zero-order valence-corrected chi connectivity index (χ0v) is 15.7. The zero-order chi connectivity index (χ0) is 18.5. The standard InChI is InChI=1S/C21H31N3O2/c1-24(18-8-5-9-18)21(26)20(22)16-10-12-17(13-11-16)23-19(25)14-15-6-3-2-4-7-15/h2-4,6-7,16-18,20H,5,8-14,22H2,1H3,(H,23,25)/t16?,17?,20-/m0/s1. The van der Waals surface area contributed by atoms with Crippen LogP contribution >= 0.6 is 0 Å². The molecule has 0 bridgehead atoms. The van der Waals surface area contributed by atoms with Crippen LogP contribution in [0.1, 0.15) is 50.5 Å². The van der Waals surface area contributed by atoms with E-state index >= 15 is 0 Å². The molecule has 26 heavy (non-hydrogen) atoms. The first-order valence-corrected chi connectivity index (χ1v) is 9.90. The Kier molecular flexibility index (Phi) is 6.30. The molecular formula is C21H31N3O2. The summed E-state index contributed by atoms with van der Waals surface area (Å²) in [6, 6.07) is 9.99. The van der Waals surface area contributed by atoms with Gasteiger partial charge in [-0.1, -0.05) is 30.3 Å². The molecule has 0 saturated heterocycles. The minimum Gasteiger partial charge on any atom is -0.353 e. The number of benzene rings is 1. The van der Waals surface area contributed by atoms with Gasteiger partial charge in [0.1, 0.15) is 0 Å². The third kappa shape index (κ3) is 4.64. The van der Waals surface area contributed by atoms with Gasteiger partial charge in [-0.2, -0.15) is 0 Å². The highest BCUT2D eigenvalue weighted by Gasteiger charge is 2.34. The lowest BCUT2D eigenvalue weighted by molar-refractivity contribution is -0.136. The van der Waals surface area contributed by atoms with Crippen LogP contribution < -0.4 is 11.1 Å². The number of carbonyl (C=O) groups is 2. The molecule has 2 amide bonds. The van der Waals surface area contributed by atoms with Crippen LogP contribution in [0.3, 0.4) is 0 Å². The molecule has 1 aromatic carbocycles. The number of likely N-dealkylation sites (N-methyl/N-ethyl adjacent to an activating group) is 1. The fraction of sp³-hybridized carbons (Fsp3) is 0.619. The second-order valence-corrected chi connectivity index (χ2v) is 7.90. The van der Waals surface area contributed by atoms with Gasteiger partial charge in [0.15, 0.2) is 0 Å². The van der Waals surface area contributed by atoms with Gasteiger partial charge in [0.25, 0.3) is 0 Å². The van der Waals surface area contributed by atoms with Gasteiger partial charge in [-0.15, -0.1) is 0 Å². The average Bonchev–Trinajstić information content (AvgIpc) is 2.60. The highest BCUT2D eigenvalue weighted by molar-refractivity contribution is 5.82. The maximum absolute atomic E-state index is 12.6. The number of amides is 2. The second-order valence-electron chi connectivity index (χ2n) is 7.90. The highest BCUT2D eigenvalue weighted by atomic mass is 16.2. The Morgan fingerprint density at radius 2 is 1.77 bits per heavy atom. The zero-order valence-electron chi connectivity index (χ0n) is 15.7. The molecule has 2 saturated carbocycles. The number of carbonyl (C=O) groups excluding carboxylic acids is 2. The first kappa shape index (κ1) is 18.9. The minimum absolute atomic E-state index is 0.0738. The summed E-state index contributed by atoms with van der Waals surface area (Å²) in [5.74, 6) is 0.392. The van der Waals surface area contributed by atoms with Crippen molar-refractivity contribution >= 4 is 11.8 Å². The molecule has 5 heteroatoms. The first-order valence-electron chi connectivity index (χ1n) is 9.90. The molecule has 2 fully saturated rings. The lowest BCUT2D eigenvalue weighted by atomic mass is 9.80. The molecular weight excluding hydrogens is 326 g/mol. The van der Waals surface area contributed by atoms with Gasteiger partial charge in [-0.25, -0.2) is 0 Å². The summed E-state index contributed by atoms with van der Waals surface area (Å²) in [6.45, 7) is 0. The van der Waals surface area contributed by atoms with E-state index in [1.807, 2.05) is 42.3 Å². The summed E-state index contributed by atoms with van der Waals surface area (Å²) in [5, 5.41) is 3.14. The molecule has 0 heterocycles. The van der Waals surface area contributed by atoms with Crippen molar-refractivity contribution in [2.24, 2.45) is 11.7 Å². The summed E-state index contributed by atoms with van der Waals surface area (Å²) >= 11 is 0. The van der Waals surface area contributed by atoms with E-state index in [0.717, 1.165) is 44.1 Å². The Hall–Kier alpha value is -1.88. The molecule has 0 aliphatic heterocycles. The molecule has 1 aromatic rings. The Morgan fingerprint density at radius 3 is 2.35 bits per heavy atom. The molecule has 0 aromatic heterocycles. The molecule has 0 unspecified atom stereocenters. The summed E-state index contributed by atoms with van der Waals surface area (Å²) < 4.78 is 0. The summed E-state index contributed by atoms with van der Waals surface area (Å²) in [6.07, 6.45) is 7.46. The summed E-state index contributed by atoms with van der Waals surface area (Å²) in [7, 11) is 1.89. The minimum atomic E-state index is -0.401. The quantitative estimate of drug-likeness (QED) is 0.820. The molecule has 0 radical (unpaired) electrons. The van der Waals surface area contributed by atoms with Crippen LogP contribution in [0.2, 0.25) is 0 Å².